The van der Waals surface area contributed by atoms with Gasteiger partial charge in [0.05, 0.1) is 44.2 Å². The lowest BCUT2D eigenvalue weighted by atomic mass is 9.69. The van der Waals surface area contributed by atoms with Crippen LogP contribution in [-0.4, -0.2) is 14.0 Å². The van der Waals surface area contributed by atoms with Crippen LogP contribution in [0, 0.1) is 0 Å². The Morgan fingerprint density at radius 2 is 1.00 bits per heavy atom. The smallest absolute Gasteiger partial charge is 0.148 e. The molecule has 0 saturated heterocycles. The second kappa shape index (κ2) is 10.5. The van der Waals surface area contributed by atoms with Gasteiger partial charge in [0, 0.05) is 16.3 Å². The first-order valence-corrected chi connectivity index (χ1v) is 19.1. The van der Waals surface area contributed by atoms with Crippen LogP contribution in [0.4, 0.5) is 0 Å². The summed E-state index contributed by atoms with van der Waals surface area (Å²) in [6.45, 7) is 0. The van der Waals surface area contributed by atoms with Crippen molar-refractivity contribution in [2.75, 3.05) is 0 Å². The van der Waals surface area contributed by atoms with Crippen molar-refractivity contribution >= 4 is 49.3 Å². The molecule has 3 nitrogen and oxygen atoms in total. The van der Waals surface area contributed by atoms with Gasteiger partial charge < -0.3 is 4.57 Å². The Morgan fingerprint density at radius 3 is 1.76 bits per heavy atom. The van der Waals surface area contributed by atoms with E-state index >= 15 is 0 Å². The first kappa shape index (κ1) is 29.2. The summed E-state index contributed by atoms with van der Waals surface area (Å²) in [5, 5.41) is 4.93. The topological polar surface area (TPSA) is 22.2 Å². The van der Waals surface area contributed by atoms with E-state index in [0.717, 1.165) is 16.7 Å². The fraction of sp³-hybridized carbons (Fsp3) is 0.0192. The number of nitrogens with zero attached hydrogens (tertiary/aromatic N) is 3. The van der Waals surface area contributed by atoms with Crippen LogP contribution >= 0.6 is 0 Å². The van der Waals surface area contributed by atoms with Gasteiger partial charge in [0.2, 0.25) is 0 Å². The Morgan fingerprint density at radius 1 is 0.418 bits per heavy atom. The van der Waals surface area contributed by atoms with Gasteiger partial charge in [-0.3, -0.25) is 4.40 Å². The zero-order chi connectivity index (χ0) is 35.8. The van der Waals surface area contributed by atoms with E-state index in [-0.39, 0.29) is 0 Å². The van der Waals surface area contributed by atoms with Gasteiger partial charge in [-0.05, 0) is 74.2 Å². The molecule has 2 aliphatic rings. The molecular formula is C52H31N3. The maximum absolute atomic E-state index is 5.57. The SMILES string of the molecule is c1ccc(C2(c3ccccc3)c3ccccc3-c3c2n2c4ccccc4nc2c2c4ccccc4n(-c4ccc5c6c(cccc46)-c4ccccc4-5)c32)cc1. The zero-order valence-corrected chi connectivity index (χ0v) is 29.7. The minimum absolute atomic E-state index is 0.630. The normalized spacial score (nSPS) is 13.6. The van der Waals surface area contributed by atoms with E-state index in [4.69, 9.17) is 4.98 Å². The van der Waals surface area contributed by atoms with E-state index < -0.39 is 5.41 Å². The molecule has 0 fully saturated rings. The third-order valence-electron chi connectivity index (χ3n) is 12.5. The van der Waals surface area contributed by atoms with Crippen molar-refractivity contribution in [2.45, 2.75) is 5.41 Å². The standard InChI is InChI=1S/C52H31N3/c1-3-16-32(17-4-1)52(33-18-5-2-6-19-33)41-26-11-9-22-38(41)47-49-48(51-53-42-27-12-14-29-45(42)55(51)50(47)52)40-23-10-13-28-43(40)54(49)44-31-30-37-35-21-8-7-20-34(35)36-24-15-25-39(44)46(36)37/h1-31H. The highest BCUT2D eigenvalue weighted by molar-refractivity contribution is 6.24. The van der Waals surface area contributed by atoms with Gasteiger partial charge in [-0.2, -0.15) is 0 Å². The van der Waals surface area contributed by atoms with E-state index in [1.165, 1.54) is 94.0 Å². The van der Waals surface area contributed by atoms with Crippen LogP contribution in [0.5, 0.6) is 0 Å². The molecule has 0 atom stereocenters. The summed E-state index contributed by atoms with van der Waals surface area (Å²) in [7, 11) is 0. The monoisotopic (exact) mass is 697 g/mol. The molecule has 0 spiro atoms. The molecule has 3 aromatic heterocycles. The second-order valence-corrected chi connectivity index (χ2v) is 15.0. The van der Waals surface area contributed by atoms with Crippen molar-refractivity contribution in [1.82, 2.24) is 14.0 Å². The number of aromatic nitrogens is 3. The lowest BCUT2D eigenvalue weighted by molar-refractivity contribution is 0.730. The van der Waals surface area contributed by atoms with Crippen molar-refractivity contribution in [2.24, 2.45) is 0 Å². The van der Waals surface area contributed by atoms with Gasteiger partial charge in [-0.25, -0.2) is 4.98 Å². The molecule has 0 aliphatic heterocycles. The molecule has 11 aromatic rings. The molecule has 13 rings (SSSR count). The predicted octanol–water partition coefficient (Wildman–Crippen LogP) is 12.7. The van der Waals surface area contributed by atoms with E-state index in [9.17, 15) is 0 Å². The number of fused-ring (bicyclic) bond motifs is 15. The molecule has 3 heteroatoms. The third kappa shape index (κ3) is 3.50. The Hall–Kier alpha value is -7.23. The summed E-state index contributed by atoms with van der Waals surface area (Å²) >= 11 is 0. The van der Waals surface area contributed by atoms with Crippen molar-refractivity contribution in [1.29, 1.82) is 0 Å². The van der Waals surface area contributed by atoms with E-state index in [1.807, 2.05) is 0 Å². The van der Waals surface area contributed by atoms with Crippen LogP contribution in [0.2, 0.25) is 0 Å². The number of benzene rings is 8. The summed E-state index contributed by atoms with van der Waals surface area (Å²) in [5.74, 6) is 0. The van der Waals surface area contributed by atoms with Crippen LogP contribution in [-0.2, 0) is 5.41 Å². The molecule has 0 saturated carbocycles. The van der Waals surface area contributed by atoms with Crippen molar-refractivity contribution in [3.63, 3.8) is 0 Å². The molecule has 0 bridgehead atoms. The van der Waals surface area contributed by atoms with E-state index in [2.05, 4.69) is 197 Å². The van der Waals surface area contributed by atoms with Crippen LogP contribution in [0.15, 0.2) is 188 Å². The van der Waals surface area contributed by atoms with E-state index in [0.29, 0.717) is 0 Å². The van der Waals surface area contributed by atoms with Crippen LogP contribution in [0.3, 0.4) is 0 Å². The van der Waals surface area contributed by atoms with Crippen LogP contribution < -0.4 is 0 Å². The maximum atomic E-state index is 5.57. The Balaban J connectivity index is 1.31. The lowest BCUT2D eigenvalue weighted by Gasteiger charge is -2.34. The molecular weight excluding hydrogens is 667 g/mol. The van der Waals surface area contributed by atoms with Gasteiger partial charge in [0.25, 0.3) is 0 Å². The molecule has 8 aromatic carbocycles. The first-order valence-electron chi connectivity index (χ1n) is 19.1. The fourth-order valence-corrected chi connectivity index (χ4v) is 10.5. The van der Waals surface area contributed by atoms with Gasteiger partial charge in [-0.15, -0.1) is 0 Å². The number of rotatable bonds is 3. The highest BCUT2D eigenvalue weighted by atomic mass is 15.1. The van der Waals surface area contributed by atoms with E-state index in [1.54, 1.807) is 0 Å². The Labute approximate surface area is 317 Å². The zero-order valence-electron chi connectivity index (χ0n) is 29.7. The average molecular weight is 698 g/mol. The predicted molar refractivity (Wildman–Crippen MR) is 226 cm³/mol. The van der Waals surface area contributed by atoms with Crippen LogP contribution in [0.25, 0.3) is 88.3 Å². The lowest BCUT2D eigenvalue weighted by Crippen LogP contribution is -2.30. The number of para-hydroxylation sites is 3. The van der Waals surface area contributed by atoms with Gasteiger partial charge in [0.15, 0.2) is 0 Å². The number of hydrogen-bond acceptors (Lipinski definition) is 1. The maximum Gasteiger partial charge on any atom is 0.148 e. The van der Waals surface area contributed by atoms with Crippen molar-refractivity contribution in [3.05, 3.63) is 210 Å². The molecule has 3 heterocycles. The molecule has 254 valence electrons. The summed E-state index contributed by atoms with van der Waals surface area (Å²) in [5.41, 5.74) is 18.7. The van der Waals surface area contributed by atoms with Crippen molar-refractivity contribution < 1.29 is 0 Å². The molecule has 0 N–H and O–H groups in total. The second-order valence-electron chi connectivity index (χ2n) is 15.0. The largest absolute Gasteiger partial charge is 0.308 e. The van der Waals surface area contributed by atoms with Gasteiger partial charge in [-0.1, -0.05) is 164 Å². The molecule has 55 heavy (non-hydrogen) atoms. The first-order chi connectivity index (χ1) is 27.3. The Bertz CT molecular complexity index is 3350. The molecule has 2 aliphatic carbocycles. The van der Waals surface area contributed by atoms with Crippen molar-refractivity contribution in [3.8, 4) is 39.1 Å². The number of pyridine rings is 1. The number of hydrogen-bond donors (Lipinski definition) is 0. The highest BCUT2D eigenvalue weighted by Crippen LogP contribution is 2.60. The summed E-state index contributed by atoms with van der Waals surface area (Å²) in [6, 6.07) is 69.3. The number of imidazole rings is 1. The van der Waals surface area contributed by atoms with Gasteiger partial charge >= 0.3 is 0 Å². The van der Waals surface area contributed by atoms with Gasteiger partial charge in [0.1, 0.15) is 5.65 Å². The third-order valence-corrected chi connectivity index (χ3v) is 12.5. The summed E-state index contributed by atoms with van der Waals surface area (Å²) in [6.07, 6.45) is 0. The fourth-order valence-electron chi connectivity index (χ4n) is 10.5. The molecule has 0 unspecified atom stereocenters. The Kier molecular flexibility index (Phi) is 5.56. The average Bonchev–Trinajstić information content (AvgIpc) is 3.98. The quantitative estimate of drug-likeness (QED) is 0.180. The summed E-state index contributed by atoms with van der Waals surface area (Å²) in [4.78, 5) is 5.57. The summed E-state index contributed by atoms with van der Waals surface area (Å²) < 4.78 is 5.07. The minimum Gasteiger partial charge on any atom is -0.308 e. The molecule has 0 amide bonds. The minimum atomic E-state index is -0.630. The molecule has 0 radical (unpaired) electrons. The van der Waals surface area contributed by atoms with Crippen LogP contribution in [0.1, 0.15) is 22.4 Å². The highest BCUT2D eigenvalue weighted by Gasteiger charge is 2.50.